The Kier molecular flexibility index (Phi) is 4.73. The van der Waals surface area contributed by atoms with E-state index in [9.17, 15) is 17.2 Å². The third kappa shape index (κ3) is 4.04. The number of sulfone groups is 1. The maximum atomic E-state index is 13.6. The molecule has 0 saturated carbocycles. The summed E-state index contributed by atoms with van der Waals surface area (Å²) in [6, 6.07) is 11.6. The first-order chi connectivity index (χ1) is 11.4. The molecule has 0 N–H and O–H groups in total. The molecule has 1 heterocycles. The molecular weight excluding hydrogens is 352 g/mol. The summed E-state index contributed by atoms with van der Waals surface area (Å²) in [7, 11) is -3.54. The number of aromatic nitrogens is 1. The highest BCUT2D eigenvalue weighted by Gasteiger charge is 2.17. The van der Waals surface area contributed by atoms with Gasteiger partial charge in [0, 0.05) is 16.5 Å². The van der Waals surface area contributed by atoms with Crippen LogP contribution in [0.3, 0.4) is 0 Å². The minimum absolute atomic E-state index is 0.145. The fraction of sp³-hybridized carbons (Fsp3) is 0.118. The smallest absolute Gasteiger partial charge is 0.160 e. The standard InChI is InChI=1S/C17H13F2NO2S2/c18-14-7-5-12(6-8-14)17-20-15(9-23-17)11-24(21,22)10-13-3-1-2-4-16(13)19/h1-9H,10-11H2. The molecule has 0 fully saturated rings. The molecule has 0 radical (unpaired) electrons. The second-order valence-corrected chi connectivity index (χ2v) is 8.20. The van der Waals surface area contributed by atoms with E-state index in [1.807, 2.05) is 0 Å². The Morgan fingerprint density at radius 1 is 0.958 bits per heavy atom. The van der Waals surface area contributed by atoms with Gasteiger partial charge in [-0.2, -0.15) is 0 Å². The van der Waals surface area contributed by atoms with Crippen molar-refractivity contribution in [2.45, 2.75) is 11.5 Å². The van der Waals surface area contributed by atoms with Gasteiger partial charge in [-0.1, -0.05) is 18.2 Å². The molecule has 0 unspecified atom stereocenters. The van der Waals surface area contributed by atoms with E-state index in [1.54, 1.807) is 23.6 Å². The van der Waals surface area contributed by atoms with Gasteiger partial charge >= 0.3 is 0 Å². The first-order valence-electron chi connectivity index (χ1n) is 7.07. The highest BCUT2D eigenvalue weighted by molar-refractivity contribution is 7.89. The summed E-state index contributed by atoms with van der Waals surface area (Å²) in [6.07, 6.45) is 0. The quantitative estimate of drug-likeness (QED) is 0.681. The van der Waals surface area contributed by atoms with Crippen LogP contribution in [0.5, 0.6) is 0 Å². The molecule has 0 amide bonds. The number of rotatable bonds is 5. The van der Waals surface area contributed by atoms with Gasteiger partial charge in [0.05, 0.1) is 17.2 Å². The molecule has 24 heavy (non-hydrogen) atoms. The summed E-state index contributed by atoms with van der Waals surface area (Å²) >= 11 is 1.29. The molecule has 3 aromatic rings. The second-order valence-electron chi connectivity index (χ2n) is 5.27. The molecule has 3 rings (SSSR count). The van der Waals surface area contributed by atoms with Crippen molar-refractivity contribution in [1.82, 2.24) is 4.98 Å². The first-order valence-corrected chi connectivity index (χ1v) is 9.77. The van der Waals surface area contributed by atoms with Crippen molar-refractivity contribution in [2.75, 3.05) is 0 Å². The summed E-state index contributed by atoms with van der Waals surface area (Å²) in [4.78, 5) is 4.28. The molecule has 3 nitrogen and oxygen atoms in total. The van der Waals surface area contributed by atoms with Crippen LogP contribution in [0.1, 0.15) is 11.3 Å². The summed E-state index contributed by atoms with van der Waals surface area (Å²) in [5.74, 6) is -1.52. The molecule has 1 aromatic heterocycles. The van der Waals surface area contributed by atoms with Gasteiger partial charge in [0.25, 0.3) is 0 Å². The van der Waals surface area contributed by atoms with Crippen LogP contribution in [-0.2, 0) is 21.3 Å². The average Bonchev–Trinajstić information content (AvgIpc) is 2.98. The number of hydrogen-bond donors (Lipinski definition) is 0. The van der Waals surface area contributed by atoms with Gasteiger partial charge in [-0.15, -0.1) is 11.3 Å². The van der Waals surface area contributed by atoms with Crippen molar-refractivity contribution in [3.05, 3.63) is 76.8 Å². The van der Waals surface area contributed by atoms with Crippen molar-refractivity contribution in [1.29, 1.82) is 0 Å². The van der Waals surface area contributed by atoms with E-state index in [0.717, 1.165) is 5.56 Å². The van der Waals surface area contributed by atoms with Gasteiger partial charge in [0.15, 0.2) is 9.84 Å². The maximum absolute atomic E-state index is 13.6. The lowest BCUT2D eigenvalue weighted by molar-refractivity contribution is 0.586. The van der Waals surface area contributed by atoms with Crippen molar-refractivity contribution < 1.29 is 17.2 Å². The zero-order chi connectivity index (χ0) is 17.2. The second kappa shape index (κ2) is 6.78. The minimum atomic E-state index is -3.54. The molecule has 0 spiro atoms. The van der Waals surface area contributed by atoms with Gasteiger partial charge in [-0.25, -0.2) is 22.2 Å². The fourth-order valence-electron chi connectivity index (χ4n) is 2.23. The lowest BCUT2D eigenvalue weighted by Crippen LogP contribution is -2.09. The van der Waals surface area contributed by atoms with Crippen LogP contribution in [0, 0.1) is 11.6 Å². The molecule has 0 aliphatic carbocycles. The van der Waals surface area contributed by atoms with Crippen molar-refractivity contribution >= 4 is 21.2 Å². The highest BCUT2D eigenvalue weighted by Crippen LogP contribution is 2.25. The van der Waals surface area contributed by atoms with Crippen LogP contribution >= 0.6 is 11.3 Å². The molecule has 0 bridgehead atoms. The van der Waals surface area contributed by atoms with Crippen LogP contribution in [0.25, 0.3) is 10.6 Å². The Morgan fingerprint density at radius 3 is 2.38 bits per heavy atom. The number of benzene rings is 2. The third-order valence-electron chi connectivity index (χ3n) is 3.34. The molecule has 0 aliphatic rings. The van der Waals surface area contributed by atoms with E-state index in [4.69, 9.17) is 0 Å². The number of hydrogen-bond acceptors (Lipinski definition) is 4. The molecule has 0 atom stereocenters. The highest BCUT2D eigenvalue weighted by atomic mass is 32.2. The number of halogens is 2. The molecule has 124 valence electrons. The molecule has 7 heteroatoms. The van der Waals surface area contributed by atoms with Gasteiger partial charge in [-0.3, -0.25) is 0 Å². The SMILES string of the molecule is O=S(=O)(Cc1csc(-c2ccc(F)cc2)n1)Cc1ccccc1F. The van der Waals surface area contributed by atoms with E-state index in [1.165, 1.54) is 41.7 Å². The van der Waals surface area contributed by atoms with E-state index in [0.29, 0.717) is 10.7 Å². The van der Waals surface area contributed by atoms with Gasteiger partial charge < -0.3 is 0 Å². The summed E-state index contributed by atoms with van der Waals surface area (Å²) in [5.41, 5.74) is 1.27. The van der Waals surface area contributed by atoms with E-state index >= 15 is 0 Å². The zero-order valence-electron chi connectivity index (χ0n) is 12.4. The first kappa shape index (κ1) is 16.7. The molecular formula is C17H13F2NO2S2. The normalized spacial score (nSPS) is 11.6. The number of thiazole rings is 1. The van der Waals surface area contributed by atoms with Crippen LogP contribution in [-0.4, -0.2) is 13.4 Å². The lowest BCUT2D eigenvalue weighted by Gasteiger charge is -2.04. The molecule has 2 aromatic carbocycles. The minimum Gasteiger partial charge on any atom is -0.240 e. The Morgan fingerprint density at radius 2 is 1.67 bits per heavy atom. The van der Waals surface area contributed by atoms with Crippen LogP contribution < -0.4 is 0 Å². The van der Waals surface area contributed by atoms with Crippen LogP contribution in [0.2, 0.25) is 0 Å². The Bertz CT molecular complexity index is 951. The summed E-state index contributed by atoms with van der Waals surface area (Å²) in [5, 5.41) is 2.27. The Balaban J connectivity index is 1.76. The van der Waals surface area contributed by atoms with Crippen molar-refractivity contribution in [2.24, 2.45) is 0 Å². The van der Waals surface area contributed by atoms with Crippen LogP contribution in [0.4, 0.5) is 8.78 Å². The third-order valence-corrected chi connectivity index (χ3v) is 5.77. The fourth-order valence-corrected chi connectivity index (χ4v) is 4.57. The summed E-state index contributed by atoms with van der Waals surface area (Å²) < 4.78 is 51.1. The topological polar surface area (TPSA) is 47.0 Å². The van der Waals surface area contributed by atoms with E-state index in [2.05, 4.69) is 4.98 Å². The summed E-state index contributed by atoms with van der Waals surface area (Å²) in [6.45, 7) is 0. The largest absolute Gasteiger partial charge is 0.240 e. The van der Waals surface area contributed by atoms with Crippen molar-refractivity contribution in [3.8, 4) is 10.6 Å². The molecule has 0 saturated heterocycles. The van der Waals surface area contributed by atoms with Gasteiger partial charge in [-0.05, 0) is 30.3 Å². The Hall–Kier alpha value is -2.12. The van der Waals surface area contributed by atoms with E-state index in [-0.39, 0.29) is 22.9 Å². The van der Waals surface area contributed by atoms with Crippen molar-refractivity contribution in [3.63, 3.8) is 0 Å². The monoisotopic (exact) mass is 365 g/mol. The van der Waals surface area contributed by atoms with Gasteiger partial charge in [0.1, 0.15) is 16.6 Å². The average molecular weight is 365 g/mol. The molecule has 0 aliphatic heterocycles. The van der Waals surface area contributed by atoms with Gasteiger partial charge in [0.2, 0.25) is 0 Å². The predicted octanol–water partition coefficient (Wildman–Crippen LogP) is 4.20. The van der Waals surface area contributed by atoms with Crippen LogP contribution in [0.15, 0.2) is 53.9 Å². The number of nitrogens with zero attached hydrogens (tertiary/aromatic N) is 1. The predicted molar refractivity (Wildman–Crippen MR) is 90.2 cm³/mol. The maximum Gasteiger partial charge on any atom is 0.160 e. The Labute approximate surface area is 142 Å². The zero-order valence-corrected chi connectivity index (χ0v) is 14.1. The van der Waals surface area contributed by atoms with E-state index < -0.39 is 15.7 Å². The lowest BCUT2D eigenvalue weighted by atomic mass is 10.2.